The average Bonchev–Trinajstić information content (AvgIpc) is 2.38. The van der Waals surface area contributed by atoms with Crippen LogP contribution >= 0.6 is 12.4 Å². The zero-order valence-electron chi connectivity index (χ0n) is 11.8. The number of ether oxygens (including phenoxy) is 1. The summed E-state index contributed by atoms with van der Waals surface area (Å²) in [6.07, 6.45) is 4.00. The molecular formula is C13H27ClN2O2. The molecule has 18 heavy (non-hydrogen) atoms. The fourth-order valence-electron chi connectivity index (χ4n) is 2.44. The van der Waals surface area contributed by atoms with E-state index in [4.69, 9.17) is 4.74 Å². The Bertz CT molecular complexity index is 227. The number of likely N-dealkylation sites (tertiary alicyclic amines) is 1. The predicted octanol–water partition coefficient (Wildman–Crippen LogP) is 1.68. The lowest BCUT2D eigenvalue weighted by Crippen LogP contribution is -2.44. The molecule has 1 rings (SSSR count). The SMILES string of the molecule is CCC(OC)C(=O)N1CCC(CCNC)CC1.Cl. The molecule has 0 aliphatic carbocycles. The predicted molar refractivity (Wildman–Crippen MR) is 76.2 cm³/mol. The van der Waals surface area contributed by atoms with E-state index in [9.17, 15) is 4.79 Å². The Balaban J connectivity index is 0.00000289. The highest BCUT2D eigenvalue weighted by Gasteiger charge is 2.26. The van der Waals surface area contributed by atoms with Crippen LogP contribution in [-0.4, -0.2) is 50.7 Å². The fraction of sp³-hybridized carbons (Fsp3) is 0.923. The standard InChI is InChI=1S/C13H26N2O2.ClH/c1-4-12(17-3)13(16)15-9-6-11(7-10-15)5-8-14-2;/h11-12,14H,4-10H2,1-3H3;1H. The molecule has 1 unspecified atom stereocenters. The van der Waals surface area contributed by atoms with Gasteiger partial charge in [0.25, 0.3) is 5.91 Å². The molecule has 5 heteroatoms. The van der Waals surface area contributed by atoms with Gasteiger partial charge in [-0.2, -0.15) is 0 Å². The lowest BCUT2D eigenvalue weighted by Gasteiger charge is -2.33. The van der Waals surface area contributed by atoms with Crippen molar-refractivity contribution in [3.63, 3.8) is 0 Å². The van der Waals surface area contributed by atoms with Gasteiger partial charge in [-0.15, -0.1) is 12.4 Å². The number of carbonyl (C=O) groups excluding carboxylic acids is 1. The van der Waals surface area contributed by atoms with Crippen molar-refractivity contribution < 1.29 is 9.53 Å². The summed E-state index contributed by atoms with van der Waals surface area (Å²) in [6.45, 7) is 4.86. The summed E-state index contributed by atoms with van der Waals surface area (Å²) < 4.78 is 5.21. The minimum atomic E-state index is -0.246. The number of methoxy groups -OCH3 is 1. The molecule has 108 valence electrons. The fourth-order valence-corrected chi connectivity index (χ4v) is 2.44. The second kappa shape index (κ2) is 9.59. The second-order valence-electron chi connectivity index (χ2n) is 4.79. The largest absolute Gasteiger partial charge is 0.372 e. The van der Waals surface area contributed by atoms with Gasteiger partial charge in [0.1, 0.15) is 6.10 Å². The molecule has 0 spiro atoms. The third kappa shape index (κ3) is 5.12. The molecule has 0 aromatic carbocycles. The highest BCUT2D eigenvalue weighted by Crippen LogP contribution is 2.21. The summed E-state index contributed by atoms with van der Waals surface area (Å²) in [5, 5.41) is 3.18. The lowest BCUT2D eigenvalue weighted by atomic mass is 9.93. The molecule has 1 atom stereocenters. The molecule has 1 aliphatic rings. The van der Waals surface area contributed by atoms with Gasteiger partial charge in [-0.05, 0) is 45.2 Å². The summed E-state index contributed by atoms with van der Waals surface area (Å²) in [4.78, 5) is 14.0. The maximum absolute atomic E-state index is 12.1. The Kier molecular flexibility index (Phi) is 9.42. The van der Waals surface area contributed by atoms with E-state index in [0.29, 0.717) is 0 Å². The van der Waals surface area contributed by atoms with Gasteiger partial charge >= 0.3 is 0 Å². The molecule has 1 aliphatic heterocycles. The first-order valence-electron chi connectivity index (χ1n) is 6.69. The van der Waals surface area contributed by atoms with Gasteiger partial charge < -0.3 is 15.0 Å². The Morgan fingerprint density at radius 1 is 1.44 bits per heavy atom. The maximum atomic E-state index is 12.1. The summed E-state index contributed by atoms with van der Waals surface area (Å²) >= 11 is 0. The van der Waals surface area contributed by atoms with Gasteiger partial charge in [0.2, 0.25) is 0 Å². The van der Waals surface area contributed by atoms with Crippen LogP contribution in [-0.2, 0) is 9.53 Å². The van der Waals surface area contributed by atoms with Gasteiger partial charge in [0.05, 0.1) is 0 Å². The van der Waals surface area contributed by atoms with Gasteiger partial charge in [-0.3, -0.25) is 4.79 Å². The van der Waals surface area contributed by atoms with E-state index in [2.05, 4.69) is 5.32 Å². The summed E-state index contributed by atoms with van der Waals surface area (Å²) in [7, 11) is 3.61. The molecule has 1 amide bonds. The zero-order valence-corrected chi connectivity index (χ0v) is 12.6. The molecule has 0 radical (unpaired) electrons. The van der Waals surface area contributed by atoms with Crippen LogP contribution < -0.4 is 5.32 Å². The number of carbonyl (C=O) groups is 1. The third-order valence-corrected chi connectivity index (χ3v) is 3.66. The Labute approximate surface area is 117 Å². The highest BCUT2D eigenvalue weighted by molar-refractivity contribution is 5.85. The highest BCUT2D eigenvalue weighted by atomic mass is 35.5. The van der Waals surface area contributed by atoms with Crippen molar-refractivity contribution >= 4 is 18.3 Å². The van der Waals surface area contributed by atoms with Crippen LogP contribution in [0.1, 0.15) is 32.6 Å². The summed E-state index contributed by atoms with van der Waals surface area (Å²) in [6, 6.07) is 0. The second-order valence-corrected chi connectivity index (χ2v) is 4.79. The average molecular weight is 279 g/mol. The van der Waals surface area contributed by atoms with Crippen molar-refractivity contribution in [3.8, 4) is 0 Å². The van der Waals surface area contributed by atoms with E-state index in [1.165, 1.54) is 6.42 Å². The van der Waals surface area contributed by atoms with Crippen LogP contribution in [0.25, 0.3) is 0 Å². The van der Waals surface area contributed by atoms with E-state index < -0.39 is 0 Å². The first kappa shape index (κ1) is 17.7. The van der Waals surface area contributed by atoms with Crippen molar-refractivity contribution in [2.75, 3.05) is 33.8 Å². The quantitative estimate of drug-likeness (QED) is 0.804. The Morgan fingerprint density at radius 2 is 2.06 bits per heavy atom. The molecule has 0 bridgehead atoms. The maximum Gasteiger partial charge on any atom is 0.251 e. The van der Waals surface area contributed by atoms with E-state index in [0.717, 1.165) is 44.8 Å². The Morgan fingerprint density at radius 3 is 2.50 bits per heavy atom. The summed E-state index contributed by atoms with van der Waals surface area (Å²) in [5.41, 5.74) is 0. The van der Waals surface area contributed by atoms with Crippen molar-refractivity contribution in [2.45, 2.75) is 38.7 Å². The number of hydrogen-bond acceptors (Lipinski definition) is 3. The van der Waals surface area contributed by atoms with Crippen LogP contribution in [0.2, 0.25) is 0 Å². The molecule has 4 nitrogen and oxygen atoms in total. The van der Waals surface area contributed by atoms with Crippen molar-refractivity contribution in [1.82, 2.24) is 10.2 Å². The number of nitrogens with zero attached hydrogens (tertiary/aromatic N) is 1. The number of rotatable bonds is 6. The van der Waals surface area contributed by atoms with Crippen LogP contribution in [0.5, 0.6) is 0 Å². The van der Waals surface area contributed by atoms with Gasteiger partial charge in [0.15, 0.2) is 0 Å². The molecule has 0 aromatic heterocycles. The third-order valence-electron chi connectivity index (χ3n) is 3.66. The van der Waals surface area contributed by atoms with Crippen LogP contribution in [0.4, 0.5) is 0 Å². The smallest absolute Gasteiger partial charge is 0.251 e. The first-order valence-corrected chi connectivity index (χ1v) is 6.69. The van der Waals surface area contributed by atoms with Crippen LogP contribution in [0, 0.1) is 5.92 Å². The molecule has 1 fully saturated rings. The molecular weight excluding hydrogens is 252 g/mol. The summed E-state index contributed by atoms with van der Waals surface area (Å²) in [5.74, 6) is 0.941. The number of nitrogens with one attached hydrogen (secondary N) is 1. The molecule has 1 heterocycles. The topological polar surface area (TPSA) is 41.6 Å². The number of hydrogen-bond donors (Lipinski definition) is 1. The van der Waals surface area contributed by atoms with Gasteiger partial charge in [-0.25, -0.2) is 0 Å². The Hall–Kier alpha value is -0.320. The minimum Gasteiger partial charge on any atom is -0.372 e. The van der Waals surface area contributed by atoms with E-state index >= 15 is 0 Å². The molecule has 0 aromatic rings. The van der Waals surface area contributed by atoms with Crippen LogP contribution in [0.3, 0.4) is 0 Å². The van der Waals surface area contributed by atoms with Gasteiger partial charge in [-0.1, -0.05) is 6.92 Å². The van der Waals surface area contributed by atoms with Crippen LogP contribution in [0.15, 0.2) is 0 Å². The monoisotopic (exact) mass is 278 g/mol. The van der Waals surface area contributed by atoms with Crippen molar-refractivity contribution in [3.05, 3.63) is 0 Å². The van der Waals surface area contributed by atoms with E-state index in [-0.39, 0.29) is 24.4 Å². The minimum absolute atomic E-state index is 0. The van der Waals surface area contributed by atoms with Crippen molar-refractivity contribution in [1.29, 1.82) is 0 Å². The van der Waals surface area contributed by atoms with E-state index in [1.54, 1.807) is 7.11 Å². The lowest BCUT2D eigenvalue weighted by molar-refractivity contribution is -0.143. The van der Waals surface area contributed by atoms with E-state index in [1.807, 2.05) is 18.9 Å². The number of halogens is 1. The first-order chi connectivity index (χ1) is 8.22. The normalized spacial score (nSPS) is 18.3. The van der Waals surface area contributed by atoms with Gasteiger partial charge in [0, 0.05) is 20.2 Å². The molecule has 1 saturated heterocycles. The number of amides is 1. The van der Waals surface area contributed by atoms with Crippen molar-refractivity contribution in [2.24, 2.45) is 5.92 Å². The zero-order chi connectivity index (χ0) is 12.7. The molecule has 1 N–H and O–H groups in total. The number of piperidine rings is 1. The molecule has 0 saturated carbocycles.